The number of aryl methyl sites for hydroxylation is 1. The summed E-state index contributed by atoms with van der Waals surface area (Å²) in [6.07, 6.45) is -5.76. The first kappa shape index (κ1) is 21.5. The molecule has 0 saturated heterocycles. The Bertz CT molecular complexity index is 815. The number of alkyl halides is 3. The van der Waals surface area contributed by atoms with Gasteiger partial charge in [-0.1, -0.05) is 31.5 Å². The maximum Gasteiger partial charge on any atom is 0.406 e. The van der Waals surface area contributed by atoms with Crippen molar-refractivity contribution in [2.75, 3.05) is 0 Å². The third-order valence-electron chi connectivity index (χ3n) is 4.63. The van der Waals surface area contributed by atoms with Crippen LogP contribution in [0.3, 0.4) is 0 Å². The van der Waals surface area contributed by atoms with Crippen molar-refractivity contribution in [2.45, 2.75) is 50.7 Å². The van der Waals surface area contributed by atoms with Gasteiger partial charge in [0.05, 0.1) is 0 Å². The molecule has 2 nitrogen and oxygen atoms in total. The van der Waals surface area contributed by atoms with Gasteiger partial charge in [0.1, 0.15) is 17.1 Å². The average Bonchev–Trinajstić information content (AvgIpc) is 2.46. The summed E-state index contributed by atoms with van der Waals surface area (Å²) >= 11 is 5.96. The summed E-state index contributed by atoms with van der Waals surface area (Å²) in [7, 11) is 0. The van der Waals surface area contributed by atoms with E-state index in [1.165, 1.54) is 19.9 Å². The molecule has 1 atom stereocenters. The number of benzene rings is 2. The molecule has 7 heteroatoms. The fourth-order valence-electron chi connectivity index (χ4n) is 3.48. The molecule has 0 spiro atoms. The molecule has 2 rings (SSSR count). The van der Waals surface area contributed by atoms with Crippen LogP contribution in [0.2, 0.25) is 5.02 Å². The van der Waals surface area contributed by atoms with Gasteiger partial charge in [0, 0.05) is 10.6 Å². The monoisotopic (exact) mass is 403 g/mol. The molecule has 0 aromatic heterocycles. The molecule has 0 heterocycles. The van der Waals surface area contributed by atoms with E-state index in [1.54, 1.807) is 19.1 Å². The van der Waals surface area contributed by atoms with Crippen molar-refractivity contribution in [3.05, 3.63) is 63.9 Å². The summed E-state index contributed by atoms with van der Waals surface area (Å²) in [5.41, 5.74) is 3.21. The van der Waals surface area contributed by atoms with Crippen LogP contribution in [0.15, 0.2) is 36.4 Å². The lowest BCUT2D eigenvalue weighted by Gasteiger charge is -2.39. The van der Waals surface area contributed by atoms with Crippen molar-refractivity contribution in [1.82, 2.24) is 0 Å². The summed E-state index contributed by atoms with van der Waals surface area (Å²) in [5.74, 6) is -0.916. The fourth-order valence-corrected chi connectivity index (χ4v) is 3.79. The Balaban J connectivity index is 2.45. The Kier molecular flexibility index (Phi) is 5.83. The lowest BCUT2D eigenvalue weighted by atomic mass is 9.71. The molecular weight excluding hydrogens is 382 g/mol. The molecule has 0 aliphatic heterocycles. The van der Waals surface area contributed by atoms with Gasteiger partial charge in [0.2, 0.25) is 0 Å². The zero-order valence-corrected chi connectivity index (χ0v) is 16.0. The van der Waals surface area contributed by atoms with E-state index >= 15 is 0 Å². The number of phenolic OH excluding ortho intramolecular Hbond substituents is 1. The smallest absolute Gasteiger partial charge is 0.406 e. The van der Waals surface area contributed by atoms with Crippen LogP contribution in [0.5, 0.6) is 5.75 Å². The lowest BCUT2D eigenvalue weighted by Crippen LogP contribution is -2.58. The van der Waals surface area contributed by atoms with Crippen molar-refractivity contribution in [3.8, 4) is 5.75 Å². The van der Waals surface area contributed by atoms with Crippen molar-refractivity contribution < 1.29 is 22.7 Å². The summed E-state index contributed by atoms with van der Waals surface area (Å²) in [6, 6.07) is 7.91. The molecule has 148 valence electrons. The standard InChI is InChI=1S/C20H22ClF4NO/c1-12-6-13(8-14(21)7-12)10-19(26,20(23,24)25)11-18(2,3)16-9-15(22)4-5-17(16)27/h4-9,27H,10-11,26H2,1-3H3. The third-order valence-corrected chi connectivity index (χ3v) is 4.85. The van der Waals surface area contributed by atoms with Crippen LogP contribution in [-0.2, 0) is 11.8 Å². The maximum atomic E-state index is 13.9. The predicted octanol–water partition coefficient (Wildman–Crippen LogP) is 5.66. The van der Waals surface area contributed by atoms with Crippen LogP contribution in [0, 0.1) is 12.7 Å². The zero-order valence-electron chi connectivity index (χ0n) is 15.3. The molecule has 2 aromatic rings. The topological polar surface area (TPSA) is 46.2 Å². The summed E-state index contributed by atoms with van der Waals surface area (Å²) < 4.78 is 55.4. The van der Waals surface area contributed by atoms with Gasteiger partial charge >= 0.3 is 6.18 Å². The minimum Gasteiger partial charge on any atom is -0.508 e. The Morgan fingerprint density at radius 3 is 2.26 bits per heavy atom. The van der Waals surface area contributed by atoms with E-state index in [2.05, 4.69) is 0 Å². The molecule has 0 radical (unpaired) electrons. The molecule has 0 saturated carbocycles. The summed E-state index contributed by atoms with van der Waals surface area (Å²) in [5, 5.41) is 10.4. The molecular formula is C20H22ClF4NO. The van der Waals surface area contributed by atoms with E-state index in [-0.39, 0.29) is 11.3 Å². The molecule has 0 bridgehead atoms. The van der Waals surface area contributed by atoms with E-state index in [0.29, 0.717) is 10.6 Å². The van der Waals surface area contributed by atoms with Gasteiger partial charge in [-0.3, -0.25) is 0 Å². The second-order valence-electron chi connectivity index (χ2n) is 7.69. The molecule has 0 aliphatic rings. The summed E-state index contributed by atoms with van der Waals surface area (Å²) in [6.45, 7) is 4.73. The van der Waals surface area contributed by atoms with E-state index in [1.807, 2.05) is 0 Å². The second-order valence-corrected chi connectivity index (χ2v) is 8.13. The highest BCUT2D eigenvalue weighted by Crippen LogP contribution is 2.43. The Hall–Kier alpha value is -1.79. The normalized spacial score (nSPS) is 14.9. The minimum atomic E-state index is -4.72. The maximum absolute atomic E-state index is 13.9. The number of rotatable bonds is 5. The number of hydrogen-bond donors (Lipinski definition) is 2. The predicted molar refractivity (Wildman–Crippen MR) is 98.6 cm³/mol. The van der Waals surface area contributed by atoms with E-state index in [4.69, 9.17) is 17.3 Å². The fraction of sp³-hybridized carbons (Fsp3) is 0.400. The molecule has 0 amide bonds. The Morgan fingerprint density at radius 1 is 1.07 bits per heavy atom. The van der Waals surface area contributed by atoms with Crippen LogP contribution in [0.1, 0.15) is 37.0 Å². The Morgan fingerprint density at radius 2 is 1.70 bits per heavy atom. The van der Waals surface area contributed by atoms with Crippen LogP contribution in [0.4, 0.5) is 17.6 Å². The van der Waals surface area contributed by atoms with Gasteiger partial charge < -0.3 is 10.8 Å². The first-order chi connectivity index (χ1) is 12.2. The molecule has 2 aromatic carbocycles. The third kappa shape index (κ3) is 4.93. The van der Waals surface area contributed by atoms with Gasteiger partial charge in [-0.15, -0.1) is 0 Å². The highest BCUT2D eigenvalue weighted by atomic mass is 35.5. The highest BCUT2D eigenvalue weighted by Gasteiger charge is 2.54. The van der Waals surface area contributed by atoms with Gasteiger partial charge in [-0.25, -0.2) is 4.39 Å². The van der Waals surface area contributed by atoms with Crippen molar-refractivity contribution in [3.63, 3.8) is 0 Å². The van der Waals surface area contributed by atoms with Gasteiger partial charge in [0.25, 0.3) is 0 Å². The van der Waals surface area contributed by atoms with Gasteiger partial charge in [-0.05, 0) is 66.6 Å². The number of nitrogens with two attached hydrogens (primary N) is 1. The van der Waals surface area contributed by atoms with Crippen molar-refractivity contribution in [1.29, 1.82) is 0 Å². The number of hydrogen-bond acceptors (Lipinski definition) is 2. The van der Waals surface area contributed by atoms with E-state index in [0.717, 1.165) is 23.8 Å². The minimum absolute atomic E-state index is 0.0730. The molecule has 0 fully saturated rings. The number of halogens is 5. The SMILES string of the molecule is Cc1cc(Cl)cc(CC(N)(CC(C)(C)c2cc(F)ccc2O)C(F)(F)F)c1. The average molecular weight is 404 g/mol. The van der Waals surface area contributed by atoms with E-state index < -0.39 is 35.8 Å². The number of phenols is 1. The lowest BCUT2D eigenvalue weighted by molar-refractivity contribution is -0.191. The van der Waals surface area contributed by atoms with Crippen LogP contribution >= 0.6 is 11.6 Å². The van der Waals surface area contributed by atoms with Crippen LogP contribution in [-0.4, -0.2) is 16.8 Å². The Labute approximate surface area is 161 Å². The first-order valence-electron chi connectivity index (χ1n) is 8.34. The van der Waals surface area contributed by atoms with Crippen LogP contribution in [0.25, 0.3) is 0 Å². The van der Waals surface area contributed by atoms with Gasteiger partial charge in [0.15, 0.2) is 0 Å². The van der Waals surface area contributed by atoms with Crippen molar-refractivity contribution >= 4 is 11.6 Å². The quantitative estimate of drug-likeness (QED) is 0.632. The molecule has 1 unspecified atom stereocenters. The highest BCUT2D eigenvalue weighted by molar-refractivity contribution is 6.30. The molecule has 0 aliphatic carbocycles. The van der Waals surface area contributed by atoms with Gasteiger partial charge in [-0.2, -0.15) is 13.2 Å². The zero-order chi connectivity index (χ0) is 20.6. The first-order valence-corrected chi connectivity index (χ1v) is 8.72. The number of aromatic hydroxyl groups is 1. The van der Waals surface area contributed by atoms with Crippen LogP contribution < -0.4 is 5.73 Å². The molecule has 3 N–H and O–H groups in total. The second kappa shape index (κ2) is 7.32. The molecule has 27 heavy (non-hydrogen) atoms. The summed E-state index contributed by atoms with van der Waals surface area (Å²) in [4.78, 5) is 0. The van der Waals surface area contributed by atoms with E-state index in [9.17, 15) is 22.7 Å². The largest absolute Gasteiger partial charge is 0.508 e. The van der Waals surface area contributed by atoms with Crippen molar-refractivity contribution in [2.24, 2.45) is 5.73 Å².